The molecule has 1 aliphatic heterocycles. The van der Waals surface area contributed by atoms with Gasteiger partial charge in [-0.15, -0.1) is 0 Å². The lowest BCUT2D eigenvalue weighted by molar-refractivity contribution is -0.151. The van der Waals surface area contributed by atoms with E-state index in [1.165, 1.54) is 0 Å². The molecule has 0 bridgehead atoms. The number of nitrogens with zero attached hydrogens (tertiary/aromatic N) is 3. The van der Waals surface area contributed by atoms with Gasteiger partial charge < -0.3 is 23.8 Å². The molecule has 0 atom stereocenters. The summed E-state index contributed by atoms with van der Waals surface area (Å²) in [6.07, 6.45) is 1.37. The van der Waals surface area contributed by atoms with E-state index in [1.807, 2.05) is 32.0 Å². The van der Waals surface area contributed by atoms with Gasteiger partial charge in [-0.05, 0) is 45.2 Å². The number of piperidine rings is 1. The molecule has 0 unspecified atom stereocenters. The van der Waals surface area contributed by atoms with Gasteiger partial charge in [-0.1, -0.05) is 22.9 Å². The van der Waals surface area contributed by atoms with Gasteiger partial charge in [0.15, 0.2) is 11.5 Å². The Balaban J connectivity index is 1.61. The number of carbonyl (C=O) groups excluding carboxylic acids is 3. The van der Waals surface area contributed by atoms with Crippen LogP contribution in [0.4, 0.5) is 0 Å². The second-order valence-corrected chi connectivity index (χ2v) is 8.84. The number of hydrogen-bond acceptors (Lipinski definition) is 7. The van der Waals surface area contributed by atoms with Crippen molar-refractivity contribution < 1.29 is 28.4 Å². The number of carbonyl (C=O) groups is 3. The van der Waals surface area contributed by atoms with E-state index in [9.17, 15) is 14.4 Å². The monoisotopic (exact) mass is 485 g/mol. The van der Waals surface area contributed by atoms with Crippen LogP contribution in [0.5, 0.6) is 0 Å². The molecular formula is C26H35N3O6. The Morgan fingerprint density at radius 1 is 1.14 bits per heavy atom. The molecular weight excluding hydrogens is 450 g/mol. The highest BCUT2D eigenvalue weighted by Crippen LogP contribution is 2.26. The number of rotatable bonds is 10. The minimum absolute atomic E-state index is 0.0428. The molecule has 0 saturated carbocycles. The SMILES string of the molecule is CCOC(=O)C1CCN(C(=O)CCN(CCOC)C(=O)c2cc(-c3cc(C)ccc3C)on2)CC1. The quantitative estimate of drug-likeness (QED) is 0.476. The molecule has 0 N–H and O–H groups in total. The van der Waals surface area contributed by atoms with Crippen molar-refractivity contribution in [2.75, 3.05) is 46.5 Å². The molecule has 2 aromatic rings. The first-order valence-electron chi connectivity index (χ1n) is 12.1. The van der Waals surface area contributed by atoms with Crippen LogP contribution in [0, 0.1) is 19.8 Å². The fourth-order valence-electron chi connectivity index (χ4n) is 4.20. The van der Waals surface area contributed by atoms with Crippen LogP contribution in [0.15, 0.2) is 28.8 Å². The summed E-state index contributed by atoms with van der Waals surface area (Å²) in [6.45, 7) is 8.06. The maximum atomic E-state index is 13.2. The average Bonchev–Trinajstić information content (AvgIpc) is 3.35. The number of likely N-dealkylation sites (tertiary alicyclic amines) is 1. The van der Waals surface area contributed by atoms with Gasteiger partial charge in [0, 0.05) is 51.3 Å². The number of amides is 2. The molecule has 3 rings (SSSR count). The molecule has 9 nitrogen and oxygen atoms in total. The van der Waals surface area contributed by atoms with E-state index in [4.69, 9.17) is 14.0 Å². The summed E-state index contributed by atoms with van der Waals surface area (Å²) >= 11 is 0. The van der Waals surface area contributed by atoms with Crippen molar-refractivity contribution >= 4 is 17.8 Å². The Morgan fingerprint density at radius 2 is 1.89 bits per heavy atom. The van der Waals surface area contributed by atoms with Gasteiger partial charge in [0.1, 0.15) is 0 Å². The highest BCUT2D eigenvalue weighted by atomic mass is 16.5. The molecule has 1 saturated heterocycles. The summed E-state index contributed by atoms with van der Waals surface area (Å²) in [5, 5.41) is 4.00. The number of benzene rings is 1. The Labute approximate surface area is 206 Å². The van der Waals surface area contributed by atoms with E-state index >= 15 is 0 Å². The van der Waals surface area contributed by atoms with E-state index in [0.717, 1.165) is 16.7 Å². The Bertz CT molecular complexity index is 1030. The van der Waals surface area contributed by atoms with Crippen LogP contribution in [0.1, 0.15) is 47.8 Å². The number of methoxy groups -OCH3 is 1. The molecule has 1 fully saturated rings. The second kappa shape index (κ2) is 12.5. The first kappa shape index (κ1) is 26.4. The maximum absolute atomic E-state index is 13.2. The second-order valence-electron chi connectivity index (χ2n) is 8.84. The lowest BCUT2D eigenvalue weighted by Gasteiger charge is -2.31. The number of aromatic nitrogens is 1. The molecule has 2 heterocycles. The van der Waals surface area contributed by atoms with E-state index in [0.29, 0.717) is 51.4 Å². The Kier molecular flexibility index (Phi) is 9.42. The molecule has 0 aliphatic carbocycles. The van der Waals surface area contributed by atoms with Crippen LogP contribution in [0.3, 0.4) is 0 Å². The zero-order chi connectivity index (χ0) is 25.4. The van der Waals surface area contributed by atoms with Crippen molar-refractivity contribution in [3.63, 3.8) is 0 Å². The molecule has 2 amide bonds. The van der Waals surface area contributed by atoms with Gasteiger partial charge in [-0.3, -0.25) is 14.4 Å². The molecule has 190 valence electrons. The Hall–Kier alpha value is -3.20. The number of ether oxygens (including phenoxy) is 2. The van der Waals surface area contributed by atoms with Crippen LogP contribution < -0.4 is 0 Å². The highest BCUT2D eigenvalue weighted by Gasteiger charge is 2.29. The van der Waals surface area contributed by atoms with E-state index in [2.05, 4.69) is 5.16 Å². The first-order valence-corrected chi connectivity index (χ1v) is 12.1. The van der Waals surface area contributed by atoms with Crippen molar-refractivity contribution in [3.05, 3.63) is 41.1 Å². The third-order valence-corrected chi connectivity index (χ3v) is 6.30. The van der Waals surface area contributed by atoms with Gasteiger partial charge >= 0.3 is 5.97 Å². The standard InChI is InChI=1S/C26H35N3O6/c1-5-34-26(32)20-8-11-28(12-9-20)24(30)10-13-29(14-15-33-4)25(31)22-17-23(35-27-22)21-16-18(2)6-7-19(21)3/h6-7,16-17,20H,5,8-15H2,1-4H3. The van der Waals surface area contributed by atoms with E-state index in [-0.39, 0.29) is 42.4 Å². The molecule has 0 spiro atoms. The molecule has 1 aromatic heterocycles. The predicted molar refractivity (Wildman–Crippen MR) is 130 cm³/mol. The largest absolute Gasteiger partial charge is 0.466 e. The zero-order valence-corrected chi connectivity index (χ0v) is 21.0. The van der Waals surface area contributed by atoms with Crippen molar-refractivity contribution in [1.82, 2.24) is 15.0 Å². The average molecular weight is 486 g/mol. The predicted octanol–water partition coefficient (Wildman–Crippen LogP) is 3.24. The lowest BCUT2D eigenvalue weighted by atomic mass is 9.97. The molecule has 9 heteroatoms. The summed E-state index contributed by atoms with van der Waals surface area (Å²) in [4.78, 5) is 41.2. The number of esters is 1. The van der Waals surface area contributed by atoms with Crippen molar-refractivity contribution in [2.24, 2.45) is 5.92 Å². The normalized spacial score (nSPS) is 14.1. The van der Waals surface area contributed by atoms with Crippen LogP contribution in [-0.4, -0.2) is 79.2 Å². The van der Waals surface area contributed by atoms with E-state index < -0.39 is 0 Å². The van der Waals surface area contributed by atoms with Gasteiger partial charge in [0.25, 0.3) is 5.91 Å². The smallest absolute Gasteiger partial charge is 0.309 e. The molecule has 0 radical (unpaired) electrons. The van der Waals surface area contributed by atoms with Gasteiger partial charge in [-0.2, -0.15) is 0 Å². The summed E-state index contributed by atoms with van der Waals surface area (Å²) in [5.74, 6) is -0.169. The lowest BCUT2D eigenvalue weighted by Crippen LogP contribution is -2.43. The molecule has 35 heavy (non-hydrogen) atoms. The third-order valence-electron chi connectivity index (χ3n) is 6.30. The van der Waals surface area contributed by atoms with Crippen molar-refractivity contribution in [3.8, 4) is 11.3 Å². The van der Waals surface area contributed by atoms with Gasteiger partial charge in [0.05, 0.1) is 19.1 Å². The number of aryl methyl sites for hydroxylation is 2. The summed E-state index contributed by atoms with van der Waals surface area (Å²) in [7, 11) is 1.57. The Morgan fingerprint density at radius 3 is 2.57 bits per heavy atom. The fourth-order valence-corrected chi connectivity index (χ4v) is 4.20. The summed E-state index contributed by atoms with van der Waals surface area (Å²) in [6, 6.07) is 7.66. The van der Waals surface area contributed by atoms with E-state index in [1.54, 1.807) is 29.9 Å². The van der Waals surface area contributed by atoms with Crippen molar-refractivity contribution in [1.29, 1.82) is 0 Å². The van der Waals surface area contributed by atoms with Crippen LogP contribution in [0.2, 0.25) is 0 Å². The highest BCUT2D eigenvalue weighted by molar-refractivity contribution is 5.93. The first-order chi connectivity index (χ1) is 16.8. The fraction of sp³-hybridized carbons (Fsp3) is 0.538. The topological polar surface area (TPSA) is 102 Å². The summed E-state index contributed by atoms with van der Waals surface area (Å²) < 4.78 is 15.7. The van der Waals surface area contributed by atoms with Crippen LogP contribution in [-0.2, 0) is 19.1 Å². The van der Waals surface area contributed by atoms with Crippen LogP contribution in [0.25, 0.3) is 11.3 Å². The van der Waals surface area contributed by atoms with Crippen molar-refractivity contribution in [2.45, 2.75) is 40.0 Å². The summed E-state index contributed by atoms with van der Waals surface area (Å²) in [5.41, 5.74) is 3.20. The minimum Gasteiger partial charge on any atom is -0.466 e. The molecule has 1 aromatic carbocycles. The zero-order valence-electron chi connectivity index (χ0n) is 21.0. The van der Waals surface area contributed by atoms with Crippen LogP contribution >= 0.6 is 0 Å². The third kappa shape index (κ3) is 6.91. The maximum Gasteiger partial charge on any atom is 0.309 e. The van der Waals surface area contributed by atoms with Gasteiger partial charge in [-0.25, -0.2) is 0 Å². The van der Waals surface area contributed by atoms with Gasteiger partial charge in [0.2, 0.25) is 5.91 Å². The molecule has 1 aliphatic rings. The minimum atomic E-state index is -0.309. The number of hydrogen-bond donors (Lipinski definition) is 0.